The highest BCUT2D eigenvalue weighted by Crippen LogP contribution is 2.30. The molecule has 15 heteroatoms. The number of piperidine rings is 1. The van der Waals surface area contributed by atoms with Crippen molar-refractivity contribution in [2.45, 2.75) is 45.8 Å². The minimum atomic E-state index is -3.84. The number of hydrogen-bond acceptors (Lipinski definition) is 11. The molecule has 1 saturated heterocycles. The van der Waals surface area contributed by atoms with Gasteiger partial charge in [0.1, 0.15) is 11.3 Å². The first-order valence-corrected chi connectivity index (χ1v) is 16.2. The van der Waals surface area contributed by atoms with Gasteiger partial charge in [-0.2, -0.15) is 0 Å². The number of anilines is 2. The summed E-state index contributed by atoms with van der Waals surface area (Å²) in [5.41, 5.74) is 2.74. The number of carbonyl (C=O) groups excluding carboxylic acids is 1. The highest BCUT2D eigenvalue weighted by atomic mass is 35.5. The zero-order valence-electron chi connectivity index (χ0n) is 25.0. The second kappa shape index (κ2) is 12.4. The summed E-state index contributed by atoms with van der Waals surface area (Å²) >= 11 is 6.03. The van der Waals surface area contributed by atoms with Gasteiger partial charge in [0.05, 0.1) is 53.5 Å². The molecule has 4 heterocycles. The number of halogens is 1. The number of nitrogens with zero attached hydrogens (tertiary/aromatic N) is 6. The van der Waals surface area contributed by atoms with E-state index in [1.54, 1.807) is 36.1 Å². The number of pyridine rings is 1. The van der Waals surface area contributed by atoms with Crippen LogP contribution in [-0.4, -0.2) is 64.3 Å². The van der Waals surface area contributed by atoms with Crippen LogP contribution < -0.4 is 25.2 Å². The van der Waals surface area contributed by atoms with Gasteiger partial charge < -0.3 is 15.0 Å². The molecule has 44 heavy (non-hydrogen) atoms. The number of benzene rings is 1. The van der Waals surface area contributed by atoms with E-state index in [0.29, 0.717) is 41.4 Å². The molecule has 1 aliphatic heterocycles. The molecule has 232 valence electrons. The summed E-state index contributed by atoms with van der Waals surface area (Å²) < 4.78 is 33.0. The Balaban J connectivity index is 1.49. The van der Waals surface area contributed by atoms with Crippen LogP contribution >= 0.6 is 11.6 Å². The van der Waals surface area contributed by atoms with E-state index < -0.39 is 22.0 Å². The van der Waals surface area contributed by atoms with Crippen LogP contribution in [0.15, 0.2) is 41.5 Å². The second-order valence-electron chi connectivity index (χ2n) is 10.9. The summed E-state index contributed by atoms with van der Waals surface area (Å²) in [6, 6.07) is 6.29. The number of aromatic nitrogens is 5. The summed E-state index contributed by atoms with van der Waals surface area (Å²) in [7, 11) is -2.14. The maximum Gasteiger partial charge on any atom is 0.285 e. The summed E-state index contributed by atoms with van der Waals surface area (Å²) in [4.78, 5) is 46.1. The lowest BCUT2D eigenvalue weighted by molar-refractivity contribution is 0.0977. The third kappa shape index (κ3) is 6.91. The zero-order chi connectivity index (χ0) is 31.8. The van der Waals surface area contributed by atoms with Crippen molar-refractivity contribution in [3.63, 3.8) is 0 Å². The van der Waals surface area contributed by atoms with Gasteiger partial charge in [-0.15, -0.1) is 0 Å². The molecule has 2 N–H and O–H groups in total. The van der Waals surface area contributed by atoms with E-state index in [1.807, 2.05) is 36.5 Å². The van der Waals surface area contributed by atoms with Crippen molar-refractivity contribution in [1.82, 2.24) is 29.2 Å². The number of aryl methyl sites for hydroxylation is 2. The van der Waals surface area contributed by atoms with Crippen LogP contribution in [0.1, 0.15) is 53.1 Å². The number of ether oxygens (including phenoxy) is 1. The number of hydrogen-bond donors (Lipinski definition) is 2. The maximum atomic E-state index is 13.7. The smallest absolute Gasteiger partial charge is 0.285 e. The monoisotopic (exact) mass is 640 g/mol. The van der Waals surface area contributed by atoms with E-state index in [-0.39, 0.29) is 28.2 Å². The molecular weight excluding hydrogens is 608 g/mol. The average molecular weight is 641 g/mol. The van der Waals surface area contributed by atoms with Crippen molar-refractivity contribution < 1.29 is 17.9 Å². The Hall–Kier alpha value is -4.30. The molecule has 0 unspecified atom stereocenters. The molecule has 1 fully saturated rings. The standard InChI is InChI=1S/C29H33ClN8O5S/c1-16-11-20(18(3)33-22-8-9-23(30)34-26(22)27(39)36-44(5,41)42)25-21(12-16)28(40)37(4)29(35-25)38-10-6-7-19(15-38)43-24-14-31-17(2)13-32-24/h8-9,11-14,18-19,33H,6-7,10,15H2,1-5H3,(H,36,39)/t18-,19+/m1/s1. The van der Waals surface area contributed by atoms with Gasteiger partial charge >= 0.3 is 0 Å². The fourth-order valence-corrected chi connectivity index (χ4v) is 5.82. The molecule has 0 saturated carbocycles. The van der Waals surface area contributed by atoms with Gasteiger partial charge in [0.2, 0.25) is 21.9 Å². The molecule has 2 atom stereocenters. The van der Waals surface area contributed by atoms with Crippen molar-refractivity contribution in [3.05, 3.63) is 74.7 Å². The van der Waals surface area contributed by atoms with Crippen LogP contribution in [0, 0.1) is 13.8 Å². The topological polar surface area (TPSA) is 161 Å². The van der Waals surface area contributed by atoms with Crippen LogP contribution in [0.4, 0.5) is 11.6 Å². The Labute approximate surface area is 259 Å². The molecule has 4 aromatic rings. The van der Waals surface area contributed by atoms with Crippen LogP contribution in [0.2, 0.25) is 5.15 Å². The van der Waals surface area contributed by atoms with Crippen molar-refractivity contribution in [3.8, 4) is 5.88 Å². The van der Waals surface area contributed by atoms with Gasteiger partial charge in [0.25, 0.3) is 11.5 Å². The van der Waals surface area contributed by atoms with Crippen molar-refractivity contribution in [2.75, 3.05) is 29.6 Å². The lowest BCUT2D eigenvalue weighted by atomic mass is 10.0. The Morgan fingerprint density at radius 3 is 2.64 bits per heavy atom. The Morgan fingerprint density at radius 2 is 1.93 bits per heavy atom. The fourth-order valence-electron chi connectivity index (χ4n) is 5.24. The van der Waals surface area contributed by atoms with Gasteiger partial charge in [-0.3, -0.25) is 19.1 Å². The minimum absolute atomic E-state index is 0.0240. The largest absolute Gasteiger partial charge is 0.471 e. The minimum Gasteiger partial charge on any atom is -0.471 e. The Kier molecular flexibility index (Phi) is 8.75. The van der Waals surface area contributed by atoms with E-state index in [1.165, 1.54) is 6.07 Å². The molecule has 3 aromatic heterocycles. The fraction of sp³-hybridized carbons (Fsp3) is 0.379. The predicted molar refractivity (Wildman–Crippen MR) is 168 cm³/mol. The molecular formula is C29H33ClN8O5S. The summed E-state index contributed by atoms with van der Waals surface area (Å²) in [6.07, 6.45) is 5.63. The summed E-state index contributed by atoms with van der Waals surface area (Å²) in [6.45, 7) is 6.80. The molecule has 0 radical (unpaired) electrons. The average Bonchev–Trinajstić information content (AvgIpc) is 2.96. The number of nitrogens with one attached hydrogen (secondary N) is 2. The molecule has 0 spiro atoms. The molecule has 1 aromatic carbocycles. The van der Waals surface area contributed by atoms with Crippen molar-refractivity contribution in [1.29, 1.82) is 0 Å². The van der Waals surface area contributed by atoms with E-state index in [2.05, 4.69) is 20.3 Å². The van der Waals surface area contributed by atoms with Gasteiger partial charge in [-0.05, 0) is 57.4 Å². The van der Waals surface area contributed by atoms with E-state index in [4.69, 9.17) is 21.3 Å². The second-order valence-corrected chi connectivity index (χ2v) is 13.1. The SMILES string of the molecule is Cc1cc([C@@H](C)Nc2ccc(Cl)nc2C(=O)NS(C)(=O)=O)c2nc(N3CCC[C@H](Oc4cnc(C)cn4)C3)n(C)c(=O)c2c1. The first-order chi connectivity index (χ1) is 20.8. The Bertz CT molecular complexity index is 1900. The Morgan fingerprint density at radius 1 is 1.16 bits per heavy atom. The normalized spacial score (nSPS) is 16.0. The van der Waals surface area contributed by atoms with Crippen LogP contribution in [0.5, 0.6) is 5.88 Å². The van der Waals surface area contributed by atoms with Gasteiger partial charge in [-0.1, -0.05) is 17.7 Å². The number of amides is 1. The van der Waals surface area contributed by atoms with E-state index in [0.717, 1.165) is 30.4 Å². The van der Waals surface area contributed by atoms with Crippen LogP contribution in [-0.2, 0) is 17.1 Å². The molecule has 0 bridgehead atoms. The quantitative estimate of drug-likeness (QED) is 0.272. The van der Waals surface area contributed by atoms with Gasteiger partial charge in [0.15, 0.2) is 5.69 Å². The summed E-state index contributed by atoms with van der Waals surface area (Å²) in [5, 5.41) is 3.71. The molecule has 0 aliphatic carbocycles. The molecule has 13 nitrogen and oxygen atoms in total. The van der Waals surface area contributed by atoms with Crippen molar-refractivity contribution >= 4 is 50.1 Å². The molecule has 1 aliphatic rings. The first-order valence-electron chi connectivity index (χ1n) is 14.0. The number of fused-ring (bicyclic) bond motifs is 1. The highest BCUT2D eigenvalue weighted by Gasteiger charge is 2.27. The lowest BCUT2D eigenvalue weighted by Crippen LogP contribution is -2.44. The maximum absolute atomic E-state index is 13.7. The highest BCUT2D eigenvalue weighted by molar-refractivity contribution is 7.89. The first kappa shape index (κ1) is 31.1. The van der Waals surface area contributed by atoms with E-state index in [9.17, 15) is 18.0 Å². The number of sulfonamides is 1. The zero-order valence-corrected chi connectivity index (χ0v) is 26.5. The van der Waals surface area contributed by atoms with Crippen molar-refractivity contribution in [2.24, 2.45) is 7.05 Å². The summed E-state index contributed by atoms with van der Waals surface area (Å²) in [5.74, 6) is 0.0257. The van der Waals surface area contributed by atoms with Crippen LogP contribution in [0.3, 0.4) is 0 Å². The lowest BCUT2D eigenvalue weighted by Gasteiger charge is -2.34. The number of rotatable bonds is 8. The molecule has 5 rings (SSSR count). The van der Waals surface area contributed by atoms with Gasteiger partial charge in [0, 0.05) is 19.2 Å². The molecule has 1 amide bonds. The third-order valence-electron chi connectivity index (χ3n) is 7.23. The van der Waals surface area contributed by atoms with E-state index >= 15 is 0 Å². The number of carbonyl (C=O) groups is 1. The van der Waals surface area contributed by atoms with Crippen LogP contribution in [0.25, 0.3) is 10.9 Å². The van der Waals surface area contributed by atoms with Gasteiger partial charge in [-0.25, -0.2) is 28.1 Å². The predicted octanol–water partition coefficient (Wildman–Crippen LogP) is 3.30. The third-order valence-corrected chi connectivity index (χ3v) is 8.00.